The number of hydrogen-bond acceptors (Lipinski definition) is 2. The van der Waals surface area contributed by atoms with Crippen molar-refractivity contribution >= 4 is 17.5 Å². The topological polar surface area (TPSA) is 32.3 Å². The second-order valence-electron chi connectivity index (χ2n) is 4.14. The molecule has 1 heterocycles. The Labute approximate surface area is 109 Å². The highest BCUT2D eigenvalue weighted by molar-refractivity contribution is 6.30. The fourth-order valence-corrected chi connectivity index (χ4v) is 2.06. The first-order valence-electron chi connectivity index (χ1n) is 5.74. The maximum atomic E-state index is 13.6. The van der Waals surface area contributed by atoms with Crippen LogP contribution in [0.5, 0.6) is 0 Å². The third kappa shape index (κ3) is 2.79. The SMILES string of the molecule is O=C(c1cc(F)c(Cl)cc1F)N1CCCNCC1. The lowest BCUT2D eigenvalue weighted by atomic mass is 10.1. The molecule has 6 heteroatoms. The summed E-state index contributed by atoms with van der Waals surface area (Å²) >= 11 is 5.45. The van der Waals surface area contributed by atoms with Crippen molar-refractivity contribution in [3.8, 4) is 0 Å². The van der Waals surface area contributed by atoms with Crippen LogP contribution in [0, 0.1) is 11.6 Å². The van der Waals surface area contributed by atoms with E-state index in [0.29, 0.717) is 19.6 Å². The number of rotatable bonds is 1. The first-order valence-corrected chi connectivity index (χ1v) is 6.12. The Morgan fingerprint density at radius 1 is 1.22 bits per heavy atom. The highest BCUT2D eigenvalue weighted by Crippen LogP contribution is 2.20. The Balaban J connectivity index is 2.24. The summed E-state index contributed by atoms with van der Waals surface area (Å²) in [6.07, 6.45) is 0.795. The highest BCUT2D eigenvalue weighted by Gasteiger charge is 2.21. The van der Waals surface area contributed by atoms with E-state index in [4.69, 9.17) is 11.6 Å². The van der Waals surface area contributed by atoms with Crippen LogP contribution in [0.25, 0.3) is 0 Å². The first-order chi connectivity index (χ1) is 8.59. The van der Waals surface area contributed by atoms with E-state index in [2.05, 4.69) is 5.32 Å². The van der Waals surface area contributed by atoms with Crippen LogP contribution in [0.2, 0.25) is 5.02 Å². The third-order valence-electron chi connectivity index (χ3n) is 2.87. The van der Waals surface area contributed by atoms with Crippen LogP contribution in [0.1, 0.15) is 16.8 Å². The molecule has 0 bridgehead atoms. The Morgan fingerprint density at radius 3 is 2.78 bits per heavy atom. The van der Waals surface area contributed by atoms with E-state index in [1.807, 2.05) is 0 Å². The minimum absolute atomic E-state index is 0.265. The van der Waals surface area contributed by atoms with Gasteiger partial charge in [-0.3, -0.25) is 4.79 Å². The molecule has 1 aliphatic rings. The van der Waals surface area contributed by atoms with Crippen molar-refractivity contribution in [1.29, 1.82) is 0 Å². The molecule has 0 atom stereocenters. The zero-order valence-electron chi connectivity index (χ0n) is 9.68. The number of hydrogen-bond donors (Lipinski definition) is 1. The number of nitrogens with one attached hydrogen (secondary N) is 1. The van der Waals surface area contributed by atoms with Gasteiger partial charge in [0.25, 0.3) is 5.91 Å². The number of halogens is 3. The lowest BCUT2D eigenvalue weighted by Gasteiger charge is -2.20. The monoisotopic (exact) mass is 274 g/mol. The molecule has 3 nitrogen and oxygen atoms in total. The summed E-state index contributed by atoms with van der Waals surface area (Å²) in [6.45, 7) is 2.50. The minimum atomic E-state index is -0.788. The molecular formula is C12H13ClF2N2O. The molecule has 1 aliphatic heterocycles. The molecule has 0 aromatic heterocycles. The lowest BCUT2D eigenvalue weighted by Crippen LogP contribution is -2.34. The third-order valence-corrected chi connectivity index (χ3v) is 3.16. The number of carbonyl (C=O) groups is 1. The summed E-state index contributed by atoms with van der Waals surface area (Å²) in [5.41, 5.74) is -0.265. The fourth-order valence-electron chi connectivity index (χ4n) is 1.91. The van der Waals surface area contributed by atoms with E-state index < -0.39 is 17.5 Å². The van der Waals surface area contributed by atoms with E-state index in [0.717, 1.165) is 25.1 Å². The van der Waals surface area contributed by atoms with Crippen molar-refractivity contribution in [2.75, 3.05) is 26.2 Å². The maximum absolute atomic E-state index is 13.6. The average Bonchev–Trinajstić information content (AvgIpc) is 2.61. The second-order valence-corrected chi connectivity index (χ2v) is 4.55. The van der Waals surface area contributed by atoms with Crippen LogP contribution < -0.4 is 5.32 Å². The average molecular weight is 275 g/mol. The van der Waals surface area contributed by atoms with Gasteiger partial charge in [-0.15, -0.1) is 0 Å². The standard InChI is InChI=1S/C12H13ClF2N2O/c13-9-7-10(14)8(6-11(9)15)12(18)17-4-1-2-16-3-5-17/h6-7,16H,1-5H2. The predicted molar refractivity (Wildman–Crippen MR) is 64.8 cm³/mol. The summed E-state index contributed by atoms with van der Waals surface area (Å²) in [6, 6.07) is 1.69. The van der Waals surface area contributed by atoms with Gasteiger partial charge in [0.2, 0.25) is 0 Å². The van der Waals surface area contributed by atoms with Gasteiger partial charge >= 0.3 is 0 Å². The fraction of sp³-hybridized carbons (Fsp3) is 0.417. The van der Waals surface area contributed by atoms with Gasteiger partial charge < -0.3 is 10.2 Å². The molecular weight excluding hydrogens is 262 g/mol. The Morgan fingerprint density at radius 2 is 2.00 bits per heavy atom. The number of carbonyl (C=O) groups excluding carboxylic acids is 1. The molecule has 1 aromatic rings. The van der Waals surface area contributed by atoms with Gasteiger partial charge in [0.15, 0.2) is 0 Å². The van der Waals surface area contributed by atoms with E-state index in [1.165, 1.54) is 4.90 Å². The maximum Gasteiger partial charge on any atom is 0.256 e. The van der Waals surface area contributed by atoms with Crippen molar-refractivity contribution in [1.82, 2.24) is 10.2 Å². The number of amides is 1. The van der Waals surface area contributed by atoms with E-state index in [1.54, 1.807) is 0 Å². The molecule has 0 radical (unpaired) electrons. The molecule has 1 N–H and O–H groups in total. The Bertz CT molecular complexity index is 460. The summed E-state index contributed by atoms with van der Waals surface area (Å²) in [4.78, 5) is 13.6. The van der Waals surface area contributed by atoms with Crippen molar-refractivity contribution < 1.29 is 13.6 Å². The lowest BCUT2D eigenvalue weighted by molar-refractivity contribution is 0.0761. The molecule has 18 heavy (non-hydrogen) atoms. The van der Waals surface area contributed by atoms with Gasteiger partial charge in [0.05, 0.1) is 10.6 Å². The quantitative estimate of drug-likeness (QED) is 0.795. The molecule has 0 spiro atoms. The van der Waals surface area contributed by atoms with Crippen molar-refractivity contribution in [2.45, 2.75) is 6.42 Å². The van der Waals surface area contributed by atoms with Crippen molar-refractivity contribution in [3.63, 3.8) is 0 Å². The van der Waals surface area contributed by atoms with Gasteiger partial charge in [-0.2, -0.15) is 0 Å². The van der Waals surface area contributed by atoms with Gasteiger partial charge in [0.1, 0.15) is 11.6 Å². The van der Waals surface area contributed by atoms with Crippen LogP contribution in [0.4, 0.5) is 8.78 Å². The molecule has 1 fully saturated rings. The van der Waals surface area contributed by atoms with Gasteiger partial charge in [-0.25, -0.2) is 8.78 Å². The molecule has 1 amide bonds. The van der Waals surface area contributed by atoms with Crippen LogP contribution in [-0.4, -0.2) is 37.0 Å². The number of benzene rings is 1. The largest absolute Gasteiger partial charge is 0.337 e. The van der Waals surface area contributed by atoms with Crippen LogP contribution in [-0.2, 0) is 0 Å². The molecule has 1 aromatic carbocycles. The van der Waals surface area contributed by atoms with Gasteiger partial charge in [-0.1, -0.05) is 11.6 Å². The van der Waals surface area contributed by atoms with E-state index in [9.17, 15) is 13.6 Å². The summed E-state index contributed by atoms with van der Waals surface area (Å²) in [5.74, 6) is -2.07. The van der Waals surface area contributed by atoms with Crippen LogP contribution in [0.15, 0.2) is 12.1 Å². The van der Waals surface area contributed by atoms with Crippen LogP contribution >= 0.6 is 11.6 Å². The normalized spacial score (nSPS) is 16.5. The minimum Gasteiger partial charge on any atom is -0.337 e. The molecule has 2 rings (SSSR count). The summed E-state index contributed by atoms with van der Waals surface area (Å²) in [5, 5.41) is 2.82. The second kappa shape index (κ2) is 5.63. The molecule has 0 unspecified atom stereocenters. The molecule has 98 valence electrons. The Hall–Kier alpha value is -1.20. The van der Waals surface area contributed by atoms with Crippen molar-refractivity contribution in [3.05, 3.63) is 34.4 Å². The summed E-state index contributed by atoms with van der Waals surface area (Å²) < 4.78 is 26.9. The highest BCUT2D eigenvalue weighted by atomic mass is 35.5. The van der Waals surface area contributed by atoms with Crippen LogP contribution in [0.3, 0.4) is 0 Å². The zero-order chi connectivity index (χ0) is 13.1. The predicted octanol–water partition coefficient (Wildman–Crippen LogP) is 2.05. The van der Waals surface area contributed by atoms with Gasteiger partial charge in [0, 0.05) is 19.6 Å². The van der Waals surface area contributed by atoms with Crippen molar-refractivity contribution in [2.24, 2.45) is 0 Å². The van der Waals surface area contributed by atoms with E-state index >= 15 is 0 Å². The summed E-state index contributed by atoms with van der Waals surface area (Å²) in [7, 11) is 0. The number of nitrogens with zero attached hydrogens (tertiary/aromatic N) is 1. The molecule has 1 saturated heterocycles. The molecule has 0 aliphatic carbocycles. The van der Waals surface area contributed by atoms with E-state index in [-0.39, 0.29) is 10.6 Å². The molecule has 0 saturated carbocycles. The van der Waals surface area contributed by atoms with Gasteiger partial charge in [-0.05, 0) is 25.1 Å². The Kier molecular flexibility index (Phi) is 4.14. The smallest absolute Gasteiger partial charge is 0.256 e. The first kappa shape index (κ1) is 13.2. The zero-order valence-corrected chi connectivity index (χ0v) is 10.4.